The van der Waals surface area contributed by atoms with Gasteiger partial charge in [0.2, 0.25) is 0 Å². The molecule has 0 fully saturated rings. The molecule has 3 rings (SSSR count). The molecule has 0 aliphatic heterocycles. The van der Waals surface area contributed by atoms with Crippen molar-refractivity contribution < 1.29 is 0 Å². The van der Waals surface area contributed by atoms with E-state index in [1.54, 1.807) is 9.81 Å². The average molecular weight is 568 g/mol. The Balaban J connectivity index is 2.22. The van der Waals surface area contributed by atoms with Crippen LogP contribution >= 0.6 is 0 Å². The minimum absolute atomic E-state index is 1.05. The van der Waals surface area contributed by atoms with Gasteiger partial charge in [0.05, 0.1) is 0 Å². The fraction of sp³-hybridized carbons (Fsp3) is 0.308. The summed E-state index contributed by atoms with van der Waals surface area (Å²) in [4.78, 5) is 2.54. The number of nitrogens with zero attached hydrogens (tertiary/aromatic N) is 1. The second-order valence-electron chi connectivity index (χ2n) is 7.50. The van der Waals surface area contributed by atoms with Gasteiger partial charge in [0.1, 0.15) is 0 Å². The standard InChI is InChI=1S/C12H18N.2C7H7.Bi/c1-4-13(5-2)10-12-8-6-7-11(3)9-12;2*1-7-5-3-2-4-6-7;/h6-7,9H,4-5,10H2,1-3H3;2*2-5H,1H3;. The summed E-state index contributed by atoms with van der Waals surface area (Å²) in [5.74, 6) is 0. The van der Waals surface area contributed by atoms with Crippen LogP contribution in [0.3, 0.4) is 0 Å². The van der Waals surface area contributed by atoms with Crippen molar-refractivity contribution in [2.24, 2.45) is 0 Å². The van der Waals surface area contributed by atoms with Crippen LogP contribution in [0.15, 0.2) is 66.7 Å². The van der Waals surface area contributed by atoms with Crippen molar-refractivity contribution in [1.29, 1.82) is 0 Å². The van der Waals surface area contributed by atoms with Crippen LogP contribution in [0.4, 0.5) is 0 Å². The van der Waals surface area contributed by atoms with Crippen molar-refractivity contribution >= 4 is 31.6 Å². The third-order valence-electron chi connectivity index (χ3n) is 5.48. The van der Waals surface area contributed by atoms with Crippen molar-refractivity contribution in [2.45, 2.75) is 41.2 Å². The molecule has 0 N–H and O–H groups in total. The summed E-state index contributed by atoms with van der Waals surface area (Å²) in [7, 11) is 0. The van der Waals surface area contributed by atoms with Gasteiger partial charge in [-0.05, 0) is 0 Å². The van der Waals surface area contributed by atoms with Crippen LogP contribution in [0.5, 0.6) is 0 Å². The van der Waals surface area contributed by atoms with Gasteiger partial charge in [-0.1, -0.05) is 0 Å². The average Bonchev–Trinajstić information content (AvgIpc) is 2.70. The summed E-state index contributed by atoms with van der Waals surface area (Å²) in [6.45, 7) is 14.6. The molecule has 0 aliphatic carbocycles. The van der Waals surface area contributed by atoms with Crippen molar-refractivity contribution in [3.63, 3.8) is 0 Å². The number of rotatable bonds is 7. The summed E-state index contributed by atoms with van der Waals surface area (Å²) in [5.41, 5.74) is 5.79. The predicted molar refractivity (Wildman–Crippen MR) is 125 cm³/mol. The van der Waals surface area contributed by atoms with Crippen LogP contribution in [0.25, 0.3) is 0 Å². The van der Waals surface area contributed by atoms with E-state index in [0.29, 0.717) is 0 Å². The van der Waals surface area contributed by atoms with Gasteiger partial charge in [-0.25, -0.2) is 0 Å². The second kappa shape index (κ2) is 9.81. The Bertz CT molecular complexity index is 882. The molecule has 0 saturated heterocycles. The fourth-order valence-corrected chi connectivity index (χ4v) is 14.5. The molecule has 0 unspecified atom stereocenters. The normalized spacial score (nSPS) is 11.4. The van der Waals surface area contributed by atoms with Crippen LogP contribution in [0, 0.1) is 20.8 Å². The molecule has 0 heterocycles. The molecule has 3 aromatic carbocycles. The van der Waals surface area contributed by atoms with Gasteiger partial charge in [-0.15, -0.1) is 0 Å². The second-order valence-corrected chi connectivity index (χ2v) is 15.7. The Morgan fingerprint density at radius 2 is 1.21 bits per heavy atom. The van der Waals surface area contributed by atoms with Crippen LogP contribution in [-0.2, 0) is 6.54 Å². The molecule has 0 spiro atoms. The molecule has 0 aromatic heterocycles. The molecule has 0 amide bonds. The van der Waals surface area contributed by atoms with E-state index in [4.69, 9.17) is 0 Å². The van der Waals surface area contributed by atoms with Crippen molar-refractivity contribution in [2.75, 3.05) is 13.1 Å². The Kier molecular flexibility index (Phi) is 7.44. The zero-order valence-corrected chi connectivity index (χ0v) is 21.3. The molecule has 3 aromatic rings. The van der Waals surface area contributed by atoms with Gasteiger partial charge in [-0.2, -0.15) is 0 Å². The summed E-state index contributed by atoms with van der Waals surface area (Å²) < 4.78 is 4.85. The van der Waals surface area contributed by atoms with E-state index in [9.17, 15) is 0 Å². The maximum atomic E-state index is 2.54. The summed E-state index contributed by atoms with van der Waals surface area (Å²) in [6.07, 6.45) is 0. The van der Waals surface area contributed by atoms with Crippen LogP contribution in [0.2, 0.25) is 0 Å². The first-order valence-corrected chi connectivity index (χ1v) is 15.5. The number of benzene rings is 3. The van der Waals surface area contributed by atoms with E-state index in [-0.39, 0.29) is 0 Å². The number of hydrogen-bond acceptors (Lipinski definition) is 1. The zero-order valence-electron chi connectivity index (χ0n) is 17.9. The van der Waals surface area contributed by atoms with E-state index in [1.807, 2.05) is 0 Å². The molecule has 146 valence electrons. The maximum absolute atomic E-state index is 2.54. The van der Waals surface area contributed by atoms with Crippen LogP contribution in [0.1, 0.15) is 36.1 Å². The Labute approximate surface area is 179 Å². The van der Waals surface area contributed by atoms with Crippen LogP contribution in [-0.4, -0.2) is 39.7 Å². The summed E-state index contributed by atoms with van der Waals surface area (Å²) in [6, 6.07) is 25.3. The van der Waals surface area contributed by atoms with Crippen LogP contribution < -0.4 is 9.81 Å². The van der Waals surface area contributed by atoms with Gasteiger partial charge in [0.25, 0.3) is 0 Å². The summed E-state index contributed by atoms with van der Waals surface area (Å²) >= 11 is -2.40. The molecular formula is C26H32BiN. The molecule has 1 nitrogen and oxygen atoms in total. The first-order valence-electron chi connectivity index (χ1n) is 10.3. The third-order valence-corrected chi connectivity index (χ3v) is 16.7. The molecule has 0 saturated carbocycles. The minimum atomic E-state index is -2.40. The van der Waals surface area contributed by atoms with Gasteiger partial charge in [-0.3, -0.25) is 0 Å². The molecule has 0 aliphatic rings. The quantitative estimate of drug-likeness (QED) is 0.391. The van der Waals surface area contributed by atoms with E-state index in [2.05, 4.69) is 106 Å². The monoisotopic (exact) mass is 567 g/mol. The number of aryl methyl sites for hydroxylation is 3. The van der Waals surface area contributed by atoms with Gasteiger partial charge in [0, 0.05) is 0 Å². The predicted octanol–water partition coefficient (Wildman–Crippen LogP) is 3.97. The fourth-order valence-electron chi connectivity index (χ4n) is 3.77. The Morgan fingerprint density at radius 1 is 0.679 bits per heavy atom. The molecule has 28 heavy (non-hydrogen) atoms. The van der Waals surface area contributed by atoms with E-state index in [1.165, 1.54) is 22.3 Å². The van der Waals surface area contributed by atoms with Crippen molar-refractivity contribution in [3.8, 4) is 0 Å². The molecule has 0 atom stereocenters. The molecule has 0 radical (unpaired) electrons. The van der Waals surface area contributed by atoms with Gasteiger partial charge >= 0.3 is 180 Å². The van der Waals surface area contributed by atoms with E-state index in [0.717, 1.165) is 19.6 Å². The van der Waals surface area contributed by atoms with E-state index >= 15 is 0 Å². The topological polar surface area (TPSA) is 3.24 Å². The Hall–Kier alpha value is -1.50. The van der Waals surface area contributed by atoms with E-state index < -0.39 is 21.8 Å². The zero-order chi connectivity index (χ0) is 20.1. The van der Waals surface area contributed by atoms with Crippen molar-refractivity contribution in [3.05, 3.63) is 89.0 Å². The SMILES string of the molecule is CCN(CC)Cc1cc(C)cc[c]1[Bi]([c]1ccccc1C)[c]1ccccc1C. The molecule has 0 bridgehead atoms. The first kappa shape index (κ1) is 21.2. The Morgan fingerprint density at radius 3 is 1.71 bits per heavy atom. The third kappa shape index (κ3) is 4.73. The van der Waals surface area contributed by atoms with Gasteiger partial charge < -0.3 is 0 Å². The molecule has 2 heteroatoms. The summed E-state index contributed by atoms with van der Waals surface area (Å²) in [5, 5.41) is 0. The van der Waals surface area contributed by atoms with Gasteiger partial charge in [0.15, 0.2) is 0 Å². The molecular weight excluding hydrogens is 535 g/mol. The van der Waals surface area contributed by atoms with Crippen molar-refractivity contribution in [1.82, 2.24) is 4.90 Å². The first-order chi connectivity index (χ1) is 13.5. The number of hydrogen-bond donors (Lipinski definition) is 0.